The Bertz CT molecular complexity index is 1000. The highest BCUT2D eigenvalue weighted by Gasteiger charge is 2.28. The molecule has 2 aliphatic heterocycles. The Hall–Kier alpha value is -2.82. The maximum absolute atomic E-state index is 13.0. The van der Waals surface area contributed by atoms with Crippen molar-refractivity contribution in [3.8, 4) is 0 Å². The first-order valence-electron chi connectivity index (χ1n) is 10.6. The third kappa shape index (κ3) is 3.61. The van der Waals surface area contributed by atoms with Crippen molar-refractivity contribution >= 4 is 22.7 Å². The standard InChI is InChI=1S/C24H27N3O2/c1-17-8-9-21-19(15-17)5-4-12-27(21)16-23(28)26-13-10-18(11-14-26)24-25-20-6-2-3-7-22(20)29-24/h2-3,6-9,15,18H,4-5,10-14,16H2,1H3. The van der Waals surface area contributed by atoms with Gasteiger partial charge in [-0.05, 0) is 56.4 Å². The van der Waals surface area contributed by atoms with Crippen molar-refractivity contribution in [1.82, 2.24) is 9.88 Å². The van der Waals surface area contributed by atoms with Gasteiger partial charge in [-0.3, -0.25) is 4.79 Å². The van der Waals surface area contributed by atoms with Crippen LogP contribution in [0.1, 0.15) is 42.2 Å². The lowest BCUT2D eigenvalue weighted by molar-refractivity contribution is -0.130. The molecule has 150 valence electrons. The molecule has 1 saturated heterocycles. The van der Waals surface area contributed by atoms with Gasteiger partial charge in [-0.25, -0.2) is 4.98 Å². The van der Waals surface area contributed by atoms with Crippen LogP contribution in [0.15, 0.2) is 46.9 Å². The van der Waals surface area contributed by atoms with Crippen molar-refractivity contribution in [2.24, 2.45) is 0 Å². The summed E-state index contributed by atoms with van der Waals surface area (Å²) in [4.78, 5) is 21.9. The SMILES string of the molecule is Cc1ccc2c(c1)CCCN2CC(=O)N1CCC(c2nc3ccccc3o2)CC1. The Balaban J connectivity index is 1.22. The van der Waals surface area contributed by atoms with E-state index < -0.39 is 0 Å². The third-order valence-electron chi connectivity index (χ3n) is 6.28. The van der Waals surface area contributed by atoms with Crippen molar-refractivity contribution in [2.75, 3.05) is 31.1 Å². The van der Waals surface area contributed by atoms with Crippen LogP contribution in [-0.4, -0.2) is 42.0 Å². The predicted octanol–water partition coefficient (Wildman–Crippen LogP) is 4.30. The maximum Gasteiger partial charge on any atom is 0.242 e. The van der Waals surface area contributed by atoms with E-state index in [2.05, 4.69) is 35.0 Å². The summed E-state index contributed by atoms with van der Waals surface area (Å²) >= 11 is 0. The van der Waals surface area contributed by atoms with Crippen LogP contribution in [0.5, 0.6) is 0 Å². The lowest BCUT2D eigenvalue weighted by atomic mass is 9.96. The second-order valence-electron chi connectivity index (χ2n) is 8.33. The molecular weight excluding hydrogens is 362 g/mol. The molecule has 0 radical (unpaired) electrons. The van der Waals surface area contributed by atoms with Crippen molar-refractivity contribution in [1.29, 1.82) is 0 Å². The van der Waals surface area contributed by atoms with Gasteiger partial charge in [0.1, 0.15) is 5.52 Å². The number of aryl methyl sites for hydroxylation is 2. The van der Waals surface area contributed by atoms with E-state index in [0.29, 0.717) is 12.5 Å². The Morgan fingerprint density at radius 2 is 1.97 bits per heavy atom. The van der Waals surface area contributed by atoms with E-state index in [4.69, 9.17) is 4.42 Å². The highest BCUT2D eigenvalue weighted by Crippen LogP contribution is 2.31. The molecule has 1 amide bonds. The van der Waals surface area contributed by atoms with E-state index in [1.165, 1.54) is 16.8 Å². The molecule has 5 heteroatoms. The minimum Gasteiger partial charge on any atom is -0.440 e. The highest BCUT2D eigenvalue weighted by molar-refractivity contribution is 5.82. The summed E-state index contributed by atoms with van der Waals surface area (Å²) in [5.41, 5.74) is 5.66. The first kappa shape index (κ1) is 18.2. The lowest BCUT2D eigenvalue weighted by Crippen LogP contribution is -2.45. The number of aromatic nitrogens is 1. The second kappa shape index (κ2) is 7.54. The van der Waals surface area contributed by atoms with Crippen LogP contribution in [0.25, 0.3) is 11.1 Å². The number of likely N-dealkylation sites (tertiary alicyclic amines) is 1. The molecule has 1 aromatic heterocycles. The Morgan fingerprint density at radius 1 is 1.14 bits per heavy atom. The number of oxazole rings is 1. The number of piperidine rings is 1. The second-order valence-corrected chi connectivity index (χ2v) is 8.33. The topological polar surface area (TPSA) is 49.6 Å². The zero-order chi connectivity index (χ0) is 19.8. The van der Waals surface area contributed by atoms with Crippen molar-refractivity contribution in [2.45, 2.75) is 38.5 Å². The van der Waals surface area contributed by atoms with Gasteiger partial charge in [0.25, 0.3) is 0 Å². The van der Waals surface area contributed by atoms with Crippen LogP contribution in [0, 0.1) is 6.92 Å². The van der Waals surface area contributed by atoms with Crippen LogP contribution in [0.4, 0.5) is 5.69 Å². The van der Waals surface area contributed by atoms with Gasteiger partial charge in [-0.2, -0.15) is 0 Å². The quantitative estimate of drug-likeness (QED) is 0.670. The molecule has 0 atom stereocenters. The summed E-state index contributed by atoms with van der Waals surface area (Å²) < 4.78 is 5.95. The molecular formula is C24H27N3O2. The number of hydrogen-bond acceptors (Lipinski definition) is 4. The van der Waals surface area contributed by atoms with E-state index in [1.807, 2.05) is 29.2 Å². The van der Waals surface area contributed by atoms with Gasteiger partial charge < -0.3 is 14.2 Å². The molecule has 0 N–H and O–H groups in total. The fourth-order valence-electron chi connectivity index (χ4n) is 4.67. The minimum atomic E-state index is 0.231. The Labute approximate surface area is 171 Å². The highest BCUT2D eigenvalue weighted by atomic mass is 16.3. The molecule has 1 fully saturated rings. The molecule has 29 heavy (non-hydrogen) atoms. The monoisotopic (exact) mass is 389 g/mol. The molecule has 3 aromatic rings. The van der Waals surface area contributed by atoms with Gasteiger partial charge in [-0.1, -0.05) is 29.8 Å². The van der Waals surface area contributed by atoms with Crippen molar-refractivity contribution in [3.63, 3.8) is 0 Å². The van der Waals surface area contributed by atoms with E-state index in [-0.39, 0.29) is 5.91 Å². The molecule has 5 rings (SSSR count). The van der Waals surface area contributed by atoms with E-state index in [0.717, 1.165) is 62.3 Å². The largest absolute Gasteiger partial charge is 0.440 e. The average Bonchev–Trinajstić information content (AvgIpc) is 3.18. The molecule has 0 unspecified atom stereocenters. The van der Waals surface area contributed by atoms with Crippen molar-refractivity contribution in [3.05, 3.63) is 59.5 Å². The summed E-state index contributed by atoms with van der Waals surface area (Å²) in [6.07, 6.45) is 4.05. The first-order chi connectivity index (χ1) is 14.2. The molecule has 0 saturated carbocycles. The normalized spacial score (nSPS) is 17.6. The predicted molar refractivity (Wildman–Crippen MR) is 114 cm³/mol. The summed E-state index contributed by atoms with van der Waals surface area (Å²) in [5, 5.41) is 0. The number of benzene rings is 2. The van der Waals surface area contributed by atoms with Crippen LogP contribution < -0.4 is 4.90 Å². The number of amides is 1. The molecule has 0 bridgehead atoms. The number of nitrogens with zero attached hydrogens (tertiary/aromatic N) is 3. The molecule has 0 aliphatic carbocycles. The third-order valence-corrected chi connectivity index (χ3v) is 6.28. The summed E-state index contributed by atoms with van der Waals surface area (Å²) in [6.45, 7) is 5.11. The number of anilines is 1. The molecule has 3 heterocycles. The van der Waals surface area contributed by atoms with Gasteiger partial charge in [0.2, 0.25) is 5.91 Å². The van der Waals surface area contributed by atoms with Gasteiger partial charge in [0.05, 0.1) is 6.54 Å². The van der Waals surface area contributed by atoms with Crippen LogP contribution in [-0.2, 0) is 11.2 Å². The number of hydrogen-bond donors (Lipinski definition) is 0. The smallest absolute Gasteiger partial charge is 0.242 e. The lowest BCUT2D eigenvalue weighted by Gasteiger charge is -2.35. The summed E-state index contributed by atoms with van der Waals surface area (Å²) in [6, 6.07) is 14.5. The van der Waals surface area contributed by atoms with Crippen molar-refractivity contribution < 1.29 is 9.21 Å². The zero-order valence-corrected chi connectivity index (χ0v) is 16.9. The van der Waals surface area contributed by atoms with E-state index in [9.17, 15) is 4.79 Å². The van der Waals surface area contributed by atoms with Gasteiger partial charge in [0, 0.05) is 31.2 Å². The van der Waals surface area contributed by atoms with Crippen LogP contribution in [0.2, 0.25) is 0 Å². The number of carbonyl (C=O) groups is 1. The number of carbonyl (C=O) groups excluding carboxylic acids is 1. The van der Waals surface area contributed by atoms with Crippen LogP contribution >= 0.6 is 0 Å². The van der Waals surface area contributed by atoms with E-state index >= 15 is 0 Å². The fraction of sp³-hybridized carbons (Fsp3) is 0.417. The van der Waals surface area contributed by atoms with Gasteiger partial charge >= 0.3 is 0 Å². The van der Waals surface area contributed by atoms with Crippen LogP contribution in [0.3, 0.4) is 0 Å². The summed E-state index contributed by atoms with van der Waals surface area (Å²) in [5.74, 6) is 1.35. The molecule has 2 aliphatic rings. The number of fused-ring (bicyclic) bond motifs is 2. The molecule has 5 nitrogen and oxygen atoms in total. The van der Waals surface area contributed by atoms with Gasteiger partial charge in [-0.15, -0.1) is 0 Å². The maximum atomic E-state index is 13.0. The minimum absolute atomic E-state index is 0.231. The summed E-state index contributed by atoms with van der Waals surface area (Å²) in [7, 11) is 0. The first-order valence-corrected chi connectivity index (χ1v) is 10.6. The number of rotatable bonds is 3. The molecule has 0 spiro atoms. The zero-order valence-electron chi connectivity index (χ0n) is 16.9. The average molecular weight is 389 g/mol. The van der Waals surface area contributed by atoms with E-state index in [1.54, 1.807) is 0 Å². The Morgan fingerprint density at radius 3 is 2.79 bits per heavy atom. The Kier molecular flexibility index (Phi) is 4.74. The molecule has 2 aromatic carbocycles. The fourth-order valence-corrected chi connectivity index (χ4v) is 4.67. The number of para-hydroxylation sites is 2. The van der Waals surface area contributed by atoms with Gasteiger partial charge in [0.15, 0.2) is 11.5 Å².